The molecule has 0 aromatic heterocycles. The molecule has 0 amide bonds. The topological polar surface area (TPSA) is 44.5 Å². The molecule has 0 heterocycles. The van der Waals surface area contributed by atoms with Gasteiger partial charge in [-0.3, -0.25) is 0 Å². The SMILES string of the molecule is CCCCCCOc1cc(OC)ccc1[C@@H](C)N. The van der Waals surface area contributed by atoms with Gasteiger partial charge in [0, 0.05) is 17.7 Å². The monoisotopic (exact) mass is 251 g/mol. The quantitative estimate of drug-likeness (QED) is 0.717. The van der Waals surface area contributed by atoms with Gasteiger partial charge in [-0.05, 0) is 19.4 Å². The van der Waals surface area contributed by atoms with Gasteiger partial charge in [0.15, 0.2) is 0 Å². The van der Waals surface area contributed by atoms with E-state index in [1.54, 1.807) is 7.11 Å². The van der Waals surface area contributed by atoms with E-state index in [0.29, 0.717) is 0 Å². The molecule has 1 aromatic carbocycles. The van der Waals surface area contributed by atoms with Crippen LogP contribution in [0.3, 0.4) is 0 Å². The molecule has 102 valence electrons. The van der Waals surface area contributed by atoms with E-state index < -0.39 is 0 Å². The van der Waals surface area contributed by atoms with Crippen molar-refractivity contribution in [2.45, 2.75) is 45.6 Å². The van der Waals surface area contributed by atoms with E-state index in [9.17, 15) is 0 Å². The minimum Gasteiger partial charge on any atom is -0.497 e. The van der Waals surface area contributed by atoms with Crippen molar-refractivity contribution in [3.8, 4) is 11.5 Å². The number of nitrogens with two attached hydrogens (primary N) is 1. The fourth-order valence-corrected chi connectivity index (χ4v) is 1.85. The average Bonchev–Trinajstić information content (AvgIpc) is 2.38. The van der Waals surface area contributed by atoms with Gasteiger partial charge in [-0.2, -0.15) is 0 Å². The summed E-state index contributed by atoms with van der Waals surface area (Å²) < 4.78 is 11.0. The lowest BCUT2D eigenvalue weighted by Gasteiger charge is -2.15. The molecule has 1 rings (SSSR count). The van der Waals surface area contributed by atoms with Crippen molar-refractivity contribution >= 4 is 0 Å². The van der Waals surface area contributed by atoms with Gasteiger partial charge in [0.05, 0.1) is 13.7 Å². The molecule has 0 fully saturated rings. The van der Waals surface area contributed by atoms with E-state index in [1.807, 2.05) is 25.1 Å². The smallest absolute Gasteiger partial charge is 0.127 e. The second kappa shape index (κ2) is 7.98. The Balaban J connectivity index is 2.60. The lowest BCUT2D eigenvalue weighted by Crippen LogP contribution is -2.09. The third-order valence-corrected chi connectivity index (χ3v) is 2.97. The molecule has 0 saturated carbocycles. The Bertz CT molecular complexity index is 350. The molecule has 0 spiro atoms. The van der Waals surface area contributed by atoms with Gasteiger partial charge in [0.1, 0.15) is 11.5 Å². The van der Waals surface area contributed by atoms with Crippen LogP contribution < -0.4 is 15.2 Å². The fraction of sp³-hybridized carbons (Fsp3) is 0.600. The standard InChI is InChI=1S/C15H25NO2/c1-4-5-6-7-10-18-15-11-13(17-3)8-9-14(15)12(2)16/h8-9,11-12H,4-7,10,16H2,1-3H3/t12-/m1/s1. The number of unbranched alkanes of at least 4 members (excludes halogenated alkanes) is 3. The molecule has 0 aliphatic carbocycles. The molecular weight excluding hydrogens is 226 g/mol. The Morgan fingerprint density at radius 1 is 1.22 bits per heavy atom. The highest BCUT2D eigenvalue weighted by Gasteiger charge is 2.09. The summed E-state index contributed by atoms with van der Waals surface area (Å²) in [4.78, 5) is 0. The minimum absolute atomic E-state index is 0.0263. The summed E-state index contributed by atoms with van der Waals surface area (Å²) in [5, 5.41) is 0. The molecule has 0 aliphatic heterocycles. The van der Waals surface area contributed by atoms with E-state index in [1.165, 1.54) is 19.3 Å². The Kier molecular flexibility index (Phi) is 6.58. The minimum atomic E-state index is -0.0263. The molecule has 3 heteroatoms. The summed E-state index contributed by atoms with van der Waals surface area (Å²) in [6, 6.07) is 5.79. The van der Waals surface area contributed by atoms with Gasteiger partial charge in [0.2, 0.25) is 0 Å². The second-order valence-electron chi connectivity index (χ2n) is 4.60. The summed E-state index contributed by atoms with van der Waals surface area (Å²) in [6.45, 7) is 4.91. The number of rotatable bonds is 8. The van der Waals surface area contributed by atoms with Gasteiger partial charge in [-0.25, -0.2) is 0 Å². The molecular formula is C15H25NO2. The summed E-state index contributed by atoms with van der Waals surface area (Å²) in [5.74, 6) is 1.66. The number of ether oxygens (including phenoxy) is 2. The van der Waals surface area contributed by atoms with Crippen LogP contribution in [0.15, 0.2) is 18.2 Å². The van der Waals surface area contributed by atoms with E-state index in [-0.39, 0.29) is 6.04 Å². The first-order valence-electron chi connectivity index (χ1n) is 6.75. The molecule has 1 atom stereocenters. The summed E-state index contributed by atoms with van der Waals surface area (Å²) >= 11 is 0. The first kappa shape index (κ1) is 14.8. The molecule has 0 saturated heterocycles. The van der Waals surface area contributed by atoms with Crippen LogP contribution in [0, 0.1) is 0 Å². The molecule has 2 N–H and O–H groups in total. The summed E-state index contributed by atoms with van der Waals surface area (Å²) in [5.41, 5.74) is 6.97. The average molecular weight is 251 g/mol. The molecule has 0 unspecified atom stereocenters. The predicted octanol–water partition coefficient (Wildman–Crippen LogP) is 3.67. The molecule has 0 aliphatic rings. The van der Waals surface area contributed by atoms with Crippen LogP contribution in [0.5, 0.6) is 11.5 Å². The maximum atomic E-state index is 5.94. The Morgan fingerprint density at radius 2 is 2.00 bits per heavy atom. The van der Waals surface area contributed by atoms with Crippen LogP contribution in [-0.2, 0) is 0 Å². The third kappa shape index (κ3) is 4.57. The van der Waals surface area contributed by atoms with E-state index in [4.69, 9.17) is 15.2 Å². The Hall–Kier alpha value is -1.22. The van der Waals surface area contributed by atoms with Gasteiger partial charge in [0.25, 0.3) is 0 Å². The zero-order chi connectivity index (χ0) is 13.4. The van der Waals surface area contributed by atoms with Crippen LogP contribution >= 0.6 is 0 Å². The van der Waals surface area contributed by atoms with Crippen LogP contribution in [0.1, 0.15) is 51.1 Å². The lowest BCUT2D eigenvalue weighted by atomic mass is 10.1. The summed E-state index contributed by atoms with van der Waals surface area (Å²) in [7, 11) is 1.66. The van der Waals surface area contributed by atoms with E-state index in [0.717, 1.165) is 30.1 Å². The van der Waals surface area contributed by atoms with Crippen LogP contribution in [-0.4, -0.2) is 13.7 Å². The first-order chi connectivity index (χ1) is 8.69. The molecule has 3 nitrogen and oxygen atoms in total. The maximum absolute atomic E-state index is 5.94. The fourth-order valence-electron chi connectivity index (χ4n) is 1.85. The highest BCUT2D eigenvalue weighted by Crippen LogP contribution is 2.28. The van der Waals surface area contributed by atoms with Crippen LogP contribution in [0.2, 0.25) is 0 Å². The number of hydrogen-bond donors (Lipinski definition) is 1. The first-order valence-corrected chi connectivity index (χ1v) is 6.75. The zero-order valence-corrected chi connectivity index (χ0v) is 11.7. The maximum Gasteiger partial charge on any atom is 0.127 e. The molecule has 0 bridgehead atoms. The van der Waals surface area contributed by atoms with Crippen molar-refractivity contribution in [2.24, 2.45) is 5.73 Å². The van der Waals surface area contributed by atoms with Crippen molar-refractivity contribution in [1.29, 1.82) is 0 Å². The van der Waals surface area contributed by atoms with Crippen molar-refractivity contribution in [3.05, 3.63) is 23.8 Å². The number of hydrogen-bond acceptors (Lipinski definition) is 3. The molecule has 1 aromatic rings. The number of methoxy groups -OCH3 is 1. The zero-order valence-electron chi connectivity index (χ0n) is 11.7. The normalized spacial score (nSPS) is 12.2. The number of benzene rings is 1. The van der Waals surface area contributed by atoms with Crippen molar-refractivity contribution in [3.63, 3.8) is 0 Å². The largest absolute Gasteiger partial charge is 0.497 e. The summed E-state index contributed by atoms with van der Waals surface area (Å²) in [6.07, 6.45) is 4.81. The van der Waals surface area contributed by atoms with Crippen molar-refractivity contribution in [1.82, 2.24) is 0 Å². The van der Waals surface area contributed by atoms with E-state index in [2.05, 4.69) is 6.92 Å². The highest BCUT2D eigenvalue weighted by molar-refractivity contribution is 5.42. The molecule has 0 radical (unpaired) electrons. The van der Waals surface area contributed by atoms with Crippen LogP contribution in [0.25, 0.3) is 0 Å². The van der Waals surface area contributed by atoms with Crippen molar-refractivity contribution < 1.29 is 9.47 Å². The second-order valence-corrected chi connectivity index (χ2v) is 4.60. The van der Waals surface area contributed by atoms with Crippen LogP contribution in [0.4, 0.5) is 0 Å². The van der Waals surface area contributed by atoms with E-state index >= 15 is 0 Å². The third-order valence-electron chi connectivity index (χ3n) is 2.97. The Morgan fingerprint density at radius 3 is 2.61 bits per heavy atom. The molecule has 18 heavy (non-hydrogen) atoms. The van der Waals surface area contributed by atoms with Gasteiger partial charge >= 0.3 is 0 Å². The predicted molar refractivity (Wildman–Crippen MR) is 75.2 cm³/mol. The lowest BCUT2D eigenvalue weighted by molar-refractivity contribution is 0.298. The van der Waals surface area contributed by atoms with Gasteiger partial charge in [-0.15, -0.1) is 0 Å². The highest BCUT2D eigenvalue weighted by atomic mass is 16.5. The van der Waals surface area contributed by atoms with Gasteiger partial charge in [-0.1, -0.05) is 32.3 Å². The Labute approximate surface area is 110 Å². The van der Waals surface area contributed by atoms with Gasteiger partial charge < -0.3 is 15.2 Å². The van der Waals surface area contributed by atoms with Crippen molar-refractivity contribution in [2.75, 3.05) is 13.7 Å².